The van der Waals surface area contributed by atoms with E-state index < -0.39 is 0 Å². The summed E-state index contributed by atoms with van der Waals surface area (Å²) < 4.78 is 2.04. The van der Waals surface area contributed by atoms with Gasteiger partial charge in [0.1, 0.15) is 0 Å². The summed E-state index contributed by atoms with van der Waals surface area (Å²) in [5.41, 5.74) is 10.3. The summed E-state index contributed by atoms with van der Waals surface area (Å²) >= 11 is 0. The van der Waals surface area contributed by atoms with Gasteiger partial charge in [0.25, 0.3) is 0 Å². The molecule has 4 nitrogen and oxygen atoms in total. The fourth-order valence-corrected chi connectivity index (χ4v) is 2.63. The lowest BCUT2D eigenvalue weighted by atomic mass is 10.0. The monoisotopic (exact) mass is 278 g/mol. The van der Waals surface area contributed by atoms with Crippen molar-refractivity contribution in [1.82, 2.24) is 14.8 Å². The Hall–Kier alpha value is -2.46. The first-order chi connectivity index (χ1) is 10.2. The molecule has 0 aliphatic rings. The van der Waals surface area contributed by atoms with Crippen LogP contribution in [0, 0.1) is 13.8 Å². The fourth-order valence-electron chi connectivity index (χ4n) is 2.63. The van der Waals surface area contributed by atoms with Crippen molar-refractivity contribution in [3.63, 3.8) is 0 Å². The highest BCUT2D eigenvalue weighted by Crippen LogP contribution is 2.28. The van der Waals surface area contributed by atoms with Gasteiger partial charge < -0.3 is 5.73 Å². The van der Waals surface area contributed by atoms with Crippen LogP contribution in [0.15, 0.2) is 48.5 Å². The fraction of sp³-hybridized carbons (Fsp3) is 0.176. The molecule has 0 atom stereocenters. The Morgan fingerprint density at radius 3 is 2.19 bits per heavy atom. The second-order valence-electron chi connectivity index (χ2n) is 5.08. The van der Waals surface area contributed by atoms with Gasteiger partial charge in [-0.15, -0.1) is 10.2 Å². The first-order valence-corrected chi connectivity index (χ1v) is 6.98. The van der Waals surface area contributed by atoms with E-state index >= 15 is 0 Å². The molecular weight excluding hydrogens is 260 g/mol. The standard InChI is InChI=1S/C17H18N4/c1-12-7-6-8-13(2)16(12)17-20-19-15(11-18)21(17)14-9-4-3-5-10-14/h3-10H,11,18H2,1-2H3. The van der Waals surface area contributed by atoms with Gasteiger partial charge in [-0.3, -0.25) is 4.57 Å². The third kappa shape index (κ3) is 2.34. The topological polar surface area (TPSA) is 56.7 Å². The molecule has 3 rings (SSSR count). The third-order valence-electron chi connectivity index (χ3n) is 3.63. The highest BCUT2D eigenvalue weighted by molar-refractivity contribution is 5.66. The van der Waals surface area contributed by atoms with Crippen LogP contribution in [0.5, 0.6) is 0 Å². The van der Waals surface area contributed by atoms with Crippen molar-refractivity contribution in [1.29, 1.82) is 0 Å². The molecule has 0 aliphatic heterocycles. The van der Waals surface area contributed by atoms with Crippen LogP contribution in [0.4, 0.5) is 0 Å². The predicted octanol–water partition coefficient (Wildman–Crippen LogP) is 3.01. The molecule has 0 spiro atoms. The van der Waals surface area contributed by atoms with Crippen molar-refractivity contribution in [3.05, 3.63) is 65.5 Å². The SMILES string of the molecule is Cc1cccc(C)c1-c1nnc(CN)n1-c1ccccc1. The molecule has 1 heterocycles. The quantitative estimate of drug-likeness (QED) is 0.801. The van der Waals surface area contributed by atoms with Crippen LogP contribution < -0.4 is 5.73 Å². The van der Waals surface area contributed by atoms with Crippen molar-refractivity contribution in [2.75, 3.05) is 0 Å². The number of rotatable bonds is 3. The zero-order valence-corrected chi connectivity index (χ0v) is 12.2. The first kappa shape index (κ1) is 13.5. The molecule has 2 aromatic carbocycles. The second kappa shape index (κ2) is 5.50. The minimum atomic E-state index is 0.354. The molecule has 21 heavy (non-hydrogen) atoms. The molecule has 1 aromatic heterocycles. The van der Waals surface area contributed by atoms with Gasteiger partial charge in [-0.05, 0) is 37.1 Å². The summed E-state index contributed by atoms with van der Waals surface area (Å²) in [5.74, 6) is 1.61. The Morgan fingerprint density at radius 1 is 0.905 bits per heavy atom. The summed E-state index contributed by atoms with van der Waals surface area (Å²) in [7, 11) is 0. The van der Waals surface area contributed by atoms with Crippen LogP contribution in [-0.4, -0.2) is 14.8 Å². The number of hydrogen-bond acceptors (Lipinski definition) is 3. The van der Waals surface area contributed by atoms with E-state index in [0.29, 0.717) is 6.54 Å². The van der Waals surface area contributed by atoms with Crippen LogP contribution in [-0.2, 0) is 6.54 Å². The summed E-state index contributed by atoms with van der Waals surface area (Å²) in [6, 6.07) is 16.3. The van der Waals surface area contributed by atoms with Gasteiger partial charge in [-0.1, -0.05) is 36.4 Å². The van der Waals surface area contributed by atoms with Gasteiger partial charge in [-0.25, -0.2) is 0 Å². The summed E-state index contributed by atoms with van der Waals surface area (Å²) in [6.45, 7) is 4.54. The van der Waals surface area contributed by atoms with Gasteiger partial charge >= 0.3 is 0 Å². The zero-order chi connectivity index (χ0) is 14.8. The first-order valence-electron chi connectivity index (χ1n) is 6.98. The zero-order valence-electron chi connectivity index (χ0n) is 12.2. The second-order valence-corrected chi connectivity index (χ2v) is 5.08. The molecule has 0 amide bonds. The smallest absolute Gasteiger partial charge is 0.169 e. The van der Waals surface area contributed by atoms with Crippen molar-refractivity contribution < 1.29 is 0 Å². The maximum Gasteiger partial charge on any atom is 0.169 e. The normalized spacial score (nSPS) is 10.8. The summed E-state index contributed by atoms with van der Waals surface area (Å²) in [6.07, 6.45) is 0. The molecule has 0 unspecified atom stereocenters. The van der Waals surface area contributed by atoms with E-state index in [1.165, 1.54) is 11.1 Å². The largest absolute Gasteiger partial charge is 0.324 e. The molecule has 0 saturated carbocycles. The minimum Gasteiger partial charge on any atom is -0.324 e. The van der Waals surface area contributed by atoms with Crippen LogP contribution >= 0.6 is 0 Å². The number of aryl methyl sites for hydroxylation is 2. The number of aromatic nitrogens is 3. The molecule has 0 saturated heterocycles. The summed E-state index contributed by atoms with van der Waals surface area (Å²) in [5, 5.41) is 8.65. The molecule has 0 radical (unpaired) electrons. The maximum absolute atomic E-state index is 5.83. The van der Waals surface area contributed by atoms with Crippen LogP contribution in [0.25, 0.3) is 17.1 Å². The highest BCUT2D eigenvalue weighted by atomic mass is 15.3. The van der Waals surface area contributed by atoms with Gasteiger partial charge in [-0.2, -0.15) is 0 Å². The molecule has 0 aliphatic carbocycles. The molecule has 106 valence electrons. The van der Waals surface area contributed by atoms with Crippen LogP contribution in [0.1, 0.15) is 17.0 Å². The molecule has 0 bridgehead atoms. The average Bonchev–Trinajstić information content (AvgIpc) is 2.91. The minimum absolute atomic E-state index is 0.354. The van der Waals surface area contributed by atoms with E-state index in [4.69, 9.17) is 5.73 Å². The van der Waals surface area contributed by atoms with E-state index in [-0.39, 0.29) is 0 Å². The Morgan fingerprint density at radius 2 is 1.57 bits per heavy atom. The van der Waals surface area contributed by atoms with E-state index in [1.54, 1.807) is 0 Å². The van der Waals surface area contributed by atoms with Crippen molar-refractivity contribution in [2.45, 2.75) is 20.4 Å². The number of nitrogens with zero attached hydrogens (tertiary/aromatic N) is 3. The molecular formula is C17H18N4. The Balaban J connectivity index is 2.28. The average molecular weight is 278 g/mol. The van der Waals surface area contributed by atoms with Gasteiger partial charge in [0, 0.05) is 11.3 Å². The lowest BCUT2D eigenvalue weighted by Gasteiger charge is -2.13. The van der Waals surface area contributed by atoms with Gasteiger partial charge in [0.05, 0.1) is 6.54 Å². The van der Waals surface area contributed by atoms with Gasteiger partial charge in [0.15, 0.2) is 11.6 Å². The number of benzene rings is 2. The molecule has 3 aromatic rings. The van der Waals surface area contributed by atoms with Crippen molar-refractivity contribution >= 4 is 0 Å². The van der Waals surface area contributed by atoms with Gasteiger partial charge in [0.2, 0.25) is 0 Å². The molecule has 0 fully saturated rings. The highest BCUT2D eigenvalue weighted by Gasteiger charge is 2.17. The van der Waals surface area contributed by atoms with E-state index in [9.17, 15) is 0 Å². The Labute approximate surface area is 124 Å². The van der Waals surface area contributed by atoms with Crippen molar-refractivity contribution in [2.24, 2.45) is 5.73 Å². The predicted molar refractivity (Wildman–Crippen MR) is 84.2 cm³/mol. The lowest BCUT2D eigenvalue weighted by Crippen LogP contribution is -2.08. The maximum atomic E-state index is 5.83. The molecule has 2 N–H and O–H groups in total. The van der Waals surface area contributed by atoms with Crippen LogP contribution in [0.2, 0.25) is 0 Å². The summed E-state index contributed by atoms with van der Waals surface area (Å²) in [4.78, 5) is 0. The molecule has 4 heteroatoms. The number of nitrogens with two attached hydrogens (primary N) is 1. The van der Waals surface area contributed by atoms with Crippen LogP contribution in [0.3, 0.4) is 0 Å². The van der Waals surface area contributed by atoms with Crippen molar-refractivity contribution in [3.8, 4) is 17.1 Å². The number of hydrogen-bond donors (Lipinski definition) is 1. The Bertz CT molecular complexity index is 739. The van der Waals surface area contributed by atoms with E-state index in [0.717, 1.165) is 22.9 Å². The Kier molecular flexibility index (Phi) is 3.54. The van der Waals surface area contributed by atoms with E-state index in [1.807, 2.05) is 34.9 Å². The lowest BCUT2D eigenvalue weighted by molar-refractivity contribution is 0.861. The number of para-hydroxylation sites is 1. The van der Waals surface area contributed by atoms with E-state index in [2.05, 4.69) is 42.2 Å². The third-order valence-corrected chi connectivity index (χ3v) is 3.63.